The Hall–Kier alpha value is -2.70. The molecule has 0 saturated carbocycles. The number of nitrogens with one attached hydrogen (secondary N) is 1. The molecule has 3 rings (SSSR count). The van der Waals surface area contributed by atoms with Crippen LogP contribution in [0.15, 0.2) is 18.2 Å². The second-order valence-corrected chi connectivity index (χ2v) is 10.7. The summed E-state index contributed by atoms with van der Waals surface area (Å²) < 4.78 is 0. The molecule has 0 spiro atoms. The first kappa shape index (κ1) is 23.0. The Balaban J connectivity index is 1.62. The van der Waals surface area contributed by atoms with Crippen LogP contribution in [-0.4, -0.2) is 58.1 Å². The molecule has 2 aliphatic rings. The highest BCUT2D eigenvalue weighted by molar-refractivity contribution is 6.22. The SMILES string of the molecule is CC(C)(C)CC(=O)N1CCC(NC(=O)c2ccc3c(c2)C(=O)N(C(C)(C)C)C3=O)CC1. The van der Waals surface area contributed by atoms with Crippen molar-refractivity contribution in [3.63, 3.8) is 0 Å². The van der Waals surface area contributed by atoms with Crippen molar-refractivity contribution >= 4 is 23.6 Å². The zero-order valence-corrected chi connectivity index (χ0v) is 19.4. The lowest BCUT2D eigenvalue weighted by Crippen LogP contribution is -2.47. The second-order valence-electron chi connectivity index (χ2n) is 10.7. The third-order valence-electron chi connectivity index (χ3n) is 5.68. The van der Waals surface area contributed by atoms with Crippen LogP contribution < -0.4 is 5.32 Å². The molecule has 0 radical (unpaired) electrons. The maximum absolute atomic E-state index is 12.8. The van der Waals surface area contributed by atoms with Gasteiger partial charge in [-0.25, -0.2) is 0 Å². The molecule has 4 amide bonds. The van der Waals surface area contributed by atoms with Crippen molar-refractivity contribution in [2.24, 2.45) is 5.41 Å². The topological polar surface area (TPSA) is 86.8 Å². The molecule has 0 bridgehead atoms. The number of nitrogens with zero attached hydrogens (tertiary/aromatic N) is 2. The minimum atomic E-state index is -0.631. The van der Waals surface area contributed by atoms with Crippen LogP contribution >= 0.6 is 0 Å². The number of rotatable bonds is 3. The smallest absolute Gasteiger partial charge is 0.262 e. The molecule has 2 heterocycles. The van der Waals surface area contributed by atoms with E-state index in [0.717, 1.165) is 0 Å². The zero-order valence-electron chi connectivity index (χ0n) is 19.4. The Morgan fingerprint density at radius 1 is 0.968 bits per heavy atom. The van der Waals surface area contributed by atoms with Crippen molar-refractivity contribution in [2.75, 3.05) is 13.1 Å². The van der Waals surface area contributed by atoms with Crippen LogP contribution in [0.3, 0.4) is 0 Å². The molecule has 1 saturated heterocycles. The largest absolute Gasteiger partial charge is 0.349 e. The van der Waals surface area contributed by atoms with Crippen molar-refractivity contribution < 1.29 is 19.2 Å². The fraction of sp³-hybridized carbons (Fsp3) is 0.583. The van der Waals surface area contributed by atoms with Gasteiger partial charge in [-0.05, 0) is 57.2 Å². The van der Waals surface area contributed by atoms with Gasteiger partial charge in [0.05, 0.1) is 11.1 Å². The minimum Gasteiger partial charge on any atom is -0.349 e. The lowest BCUT2D eigenvalue weighted by molar-refractivity contribution is -0.134. The number of carbonyl (C=O) groups is 4. The van der Waals surface area contributed by atoms with Crippen molar-refractivity contribution in [1.82, 2.24) is 15.1 Å². The first-order valence-electron chi connectivity index (χ1n) is 10.9. The van der Waals surface area contributed by atoms with E-state index in [-0.39, 0.29) is 40.6 Å². The quantitative estimate of drug-likeness (QED) is 0.751. The number of amides is 4. The molecule has 7 heteroatoms. The first-order valence-corrected chi connectivity index (χ1v) is 10.9. The molecule has 7 nitrogen and oxygen atoms in total. The van der Waals surface area contributed by atoms with Crippen molar-refractivity contribution in [2.45, 2.75) is 72.4 Å². The van der Waals surface area contributed by atoms with E-state index in [0.29, 0.717) is 43.5 Å². The molecule has 1 aromatic rings. The number of fused-ring (bicyclic) bond motifs is 1. The van der Waals surface area contributed by atoms with Crippen LogP contribution in [0.1, 0.15) is 91.9 Å². The van der Waals surface area contributed by atoms with Gasteiger partial charge in [0.1, 0.15) is 0 Å². The summed E-state index contributed by atoms with van der Waals surface area (Å²) in [6.07, 6.45) is 1.90. The van der Waals surface area contributed by atoms with Gasteiger partial charge in [0.25, 0.3) is 17.7 Å². The molecule has 31 heavy (non-hydrogen) atoms. The van der Waals surface area contributed by atoms with E-state index in [1.165, 1.54) is 11.0 Å². The van der Waals surface area contributed by atoms with Gasteiger partial charge in [0.15, 0.2) is 0 Å². The molecule has 0 aliphatic carbocycles. The summed E-state index contributed by atoms with van der Waals surface area (Å²) in [6, 6.07) is 4.64. The van der Waals surface area contributed by atoms with E-state index < -0.39 is 5.54 Å². The molecule has 1 N–H and O–H groups in total. The van der Waals surface area contributed by atoms with Crippen LogP contribution in [0.2, 0.25) is 0 Å². The highest BCUT2D eigenvalue weighted by atomic mass is 16.2. The average molecular weight is 428 g/mol. The Morgan fingerprint density at radius 2 is 1.55 bits per heavy atom. The van der Waals surface area contributed by atoms with Crippen LogP contribution in [0.25, 0.3) is 0 Å². The summed E-state index contributed by atoms with van der Waals surface area (Å²) >= 11 is 0. The van der Waals surface area contributed by atoms with E-state index in [1.807, 2.05) is 25.7 Å². The molecule has 0 aromatic heterocycles. The fourth-order valence-corrected chi connectivity index (χ4v) is 4.10. The monoisotopic (exact) mass is 427 g/mol. The van der Waals surface area contributed by atoms with Gasteiger partial charge in [-0.1, -0.05) is 20.8 Å². The third-order valence-corrected chi connectivity index (χ3v) is 5.68. The average Bonchev–Trinajstić information content (AvgIpc) is 2.91. The van der Waals surface area contributed by atoms with E-state index in [1.54, 1.807) is 32.9 Å². The number of piperidine rings is 1. The normalized spacial score (nSPS) is 17.7. The molecule has 0 unspecified atom stereocenters. The third kappa shape index (κ3) is 4.97. The number of carbonyl (C=O) groups excluding carboxylic acids is 4. The number of benzene rings is 1. The van der Waals surface area contributed by atoms with E-state index >= 15 is 0 Å². The van der Waals surface area contributed by atoms with E-state index in [2.05, 4.69) is 5.32 Å². The minimum absolute atomic E-state index is 0.0251. The standard InChI is InChI=1S/C24H33N3O4/c1-23(2,3)14-19(28)26-11-9-16(10-12-26)25-20(29)15-7-8-17-18(13-15)22(31)27(21(17)30)24(4,5)6/h7-8,13,16H,9-12,14H2,1-6H3,(H,25,29). The fourth-order valence-electron chi connectivity index (χ4n) is 4.10. The lowest BCUT2D eigenvalue weighted by Gasteiger charge is -2.34. The Bertz CT molecular complexity index is 916. The molecule has 168 valence electrons. The summed E-state index contributed by atoms with van der Waals surface area (Å²) in [5.74, 6) is -0.807. The van der Waals surface area contributed by atoms with E-state index in [4.69, 9.17) is 0 Å². The van der Waals surface area contributed by atoms with Gasteiger partial charge in [-0.15, -0.1) is 0 Å². The van der Waals surface area contributed by atoms with Crippen molar-refractivity contribution in [1.29, 1.82) is 0 Å². The molecule has 2 aliphatic heterocycles. The first-order chi connectivity index (χ1) is 14.3. The molecular formula is C24H33N3O4. The van der Waals surface area contributed by atoms with Crippen LogP contribution in [0.5, 0.6) is 0 Å². The summed E-state index contributed by atoms with van der Waals surface area (Å²) in [5, 5.41) is 3.01. The Morgan fingerprint density at radius 3 is 2.10 bits per heavy atom. The van der Waals surface area contributed by atoms with Gasteiger partial charge < -0.3 is 10.2 Å². The molecule has 0 atom stereocenters. The lowest BCUT2D eigenvalue weighted by atomic mass is 9.91. The van der Waals surface area contributed by atoms with Gasteiger partial charge in [0, 0.05) is 36.7 Å². The van der Waals surface area contributed by atoms with Gasteiger partial charge >= 0.3 is 0 Å². The Kier molecular flexibility index (Phi) is 6.00. The molecule has 1 aromatic carbocycles. The summed E-state index contributed by atoms with van der Waals surface area (Å²) in [4.78, 5) is 53.6. The van der Waals surface area contributed by atoms with Crippen molar-refractivity contribution in [3.05, 3.63) is 34.9 Å². The number of hydrogen-bond acceptors (Lipinski definition) is 4. The van der Waals surface area contributed by atoms with Crippen LogP contribution in [0, 0.1) is 5.41 Å². The maximum atomic E-state index is 12.8. The highest BCUT2D eigenvalue weighted by Gasteiger charge is 2.42. The van der Waals surface area contributed by atoms with Gasteiger partial charge in [-0.2, -0.15) is 0 Å². The highest BCUT2D eigenvalue weighted by Crippen LogP contribution is 2.30. The summed E-state index contributed by atoms with van der Waals surface area (Å²) in [6.45, 7) is 12.8. The van der Waals surface area contributed by atoms with Crippen molar-refractivity contribution in [3.8, 4) is 0 Å². The van der Waals surface area contributed by atoms with Crippen LogP contribution in [-0.2, 0) is 4.79 Å². The molecular weight excluding hydrogens is 394 g/mol. The van der Waals surface area contributed by atoms with Gasteiger partial charge in [0.2, 0.25) is 5.91 Å². The number of imide groups is 1. The van der Waals surface area contributed by atoms with Gasteiger partial charge in [-0.3, -0.25) is 24.1 Å². The molecule has 1 fully saturated rings. The Labute approximate surface area is 184 Å². The number of likely N-dealkylation sites (tertiary alicyclic amines) is 1. The maximum Gasteiger partial charge on any atom is 0.262 e. The van der Waals surface area contributed by atoms with Crippen LogP contribution in [0.4, 0.5) is 0 Å². The summed E-state index contributed by atoms with van der Waals surface area (Å²) in [5.41, 5.74) is 0.296. The second kappa shape index (κ2) is 8.09. The van der Waals surface area contributed by atoms with E-state index in [9.17, 15) is 19.2 Å². The predicted molar refractivity (Wildman–Crippen MR) is 118 cm³/mol. The summed E-state index contributed by atoms with van der Waals surface area (Å²) in [7, 11) is 0. The predicted octanol–water partition coefficient (Wildman–Crippen LogP) is 3.24. The zero-order chi connectivity index (χ0) is 23.1. The number of hydrogen-bond donors (Lipinski definition) is 1.